The zero-order valence-corrected chi connectivity index (χ0v) is 9.39. The van der Waals surface area contributed by atoms with E-state index in [1.54, 1.807) is 12.1 Å². The van der Waals surface area contributed by atoms with E-state index in [1.807, 2.05) is 6.92 Å². The summed E-state index contributed by atoms with van der Waals surface area (Å²) in [6.07, 6.45) is 0.564. The molecular weight excluding hydrogens is 256 g/mol. The van der Waals surface area contributed by atoms with Crippen LogP contribution in [0.1, 0.15) is 12.5 Å². The maximum absolute atomic E-state index is 10.9. The fraction of sp³-hybridized carbons (Fsp3) is 0.250. The van der Waals surface area contributed by atoms with Gasteiger partial charge in [-0.3, -0.25) is 4.55 Å². The molecule has 0 heterocycles. The van der Waals surface area contributed by atoms with E-state index >= 15 is 0 Å². The van der Waals surface area contributed by atoms with Crippen LogP contribution < -0.4 is 0 Å². The molecule has 0 fully saturated rings. The molecule has 0 radical (unpaired) electrons. The maximum Gasteiger partial charge on any atom is 0.294 e. The third kappa shape index (κ3) is 2.52. The molecule has 0 aliphatic rings. The van der Waals surface area contributed by atoms with Crippen molar-refractivity contribution in [1.82, 2.24) is 0 Å². The summed E-state index contributed by atoms with van der Waals surface area (Å²) < 4.78 is 31.4. The quantitative estimate of drug-likeness (QED) is 0.834. The highest BCUT2D eigenvalue weighted by molar-refractivity contribution is 9.10. The predicted molar refractivity (Wildman–Crippen MR) is 53.3 cm³/mol. The number of benzene rings is 1. The van der Waals surface area contributed by atoms with Crippen LogP contribution >= 0.6 is 15.9 Å². The fourth-order valence-corrected chi connectivity index (χ4v) is 2.26. The van der Waals surface area contributed by atoms with Gasteiger partial charge < -0.3 is 0 Å². The Labute approximate surface area is 85.7 Å². The molecule has 13 heavy (non-hydrogen) atoms. The molecule has 1 aromatic carbocycles. The van der Waals surface area contributed by atoms with Crippen LogP contribution in [0.2, 0.25) is 0 Å². The summed E-state index contributed by atoms with van der Waals surface area (Å²) in [5, 5.41) is 0. The summed E-state index contributed by atoms with van der Waals surface area (Å²) in [5.41, 5.74) is 0.608. The number of hydrogen-bond donors (Lipinski definition) is 1. The number of aryl methyl sites for hydroxylation is 1. The Morgan fingerprint density at radius 2 is 2.08 bits per heavy atom. The number of hydrogen-bond acceptors (Lipinski definition) is 2. The Kier molecular flexibility index (Phi) is 3.10. The van der Waals surface area contributed by atoms with Gasteiger partial charge in [0.05, 0.1) is 4.90 Å². The molecule has 0 aliphatic carbocycles. The van der Waals surface area contributed by atoms with Crippen molar-refractivity contribution in [3.05, 3.63) is 28.2 Å². The van der Waals surface area contributed by atoms with Gasteiger partial charge in [0.15, 0.2) is 0 Å². The largest absolute Gasteiger partial charge is 0.294 e. The first-order valence-corrected chi connectivity index (χ1v) is 5.94. The smallest absolute Gasteiger partial charge is 0.282 e. The highest BCUT2D eigenvalue weighted by Crippen LogP contribution is 2.20. The van der Waals surface area contributed by atoms with Crippen molar-refractivity contribution in [3.8, 4) is 0 Å². The Morgan fingerprint density at radius 1 is 1.46 bits per heavy atom. The van der Waals surface area contributed by atoms with E-state index in [1.165, 1.54) is 6.07 Å². The summed E-state index contributed by atoms with van der Waals surface area (Å²) in [7, 11) is -4.08. The van der Waals surface area contributed by atoms with E-state index < -0.39 is 10.1 Å². The van der Waals surface area contributed by atoms with Gasteiger partial charge in [-0.25, -0.2) is 0 Å². The molecule has 1 rings (SSSR count). The number of rotatable bonds is 2. The second-order valence-electron chi connectivity index (χ2n) is 2.58. The zero-order chi connectivity index (χ0) is 10.1. The summed E-state index contributed by atoms with van der Waals surface area (Å²) >= 11 is 3.23. The zero-order valence-electron chi connectivity index (χ0n) is 6.99. The van der Waals surface area contributed by atoms with Crippen molar-refractivity contribution in [2.24, 2.45) is 0 Å². The van der Waals surface area contributed by atoms with Crippen LogP contribution in [0.15, 0.2) is 27.6 Å². The topological polar surface area (TPSA) is 54.4 Å². The van der Waals surface area contributed by atoms with Crippen molar-refractivity contribution < 1.29 is 13.0 Å². The lowest BCUT2D eigenvalue weighted by molar-refractivity contribution is 0.482. The molecular formula is C8H9BrO3S. The molecule has 0 aliphatic heterocycles. The van der Waals surface area contributed by atoms with Gasteiger partial charge in [0, 0.05) is 4.47 Å². The van der Waals surface area contributed by atoms with Crippen LogP contribution in [0, 0.1) is 0 Å². The van der Waals surface area contributed by atoms with E-state index in [2.05, 4.69) is 15.9 Å². The minimum absolute atomic E-state index is 0.0156. The first-order chi connectivity index (χ1) is 5.95. The molecule has 0 unspecified atom stereocenters. The van der Waals surface area contributed by atoms with E-state index in [0.717, 1.165) is 4.47 Å². The van der Waals surface area contributed by atoms with Crippen LogP contribution in [-0.4, -0.2) is 13.0 Å². The van der Waals surface area contributed by atoms with Gasteiger partial charge in [-0.2, -0.15) is 8.42 Å². The van der Waals surface area contributed by atoms with Crippen LogP contribution in [0.3, 0.4) is 0 Å². The van der Waals surface area contributed by atoms with E-state index in [0.29, 0.717) is 12.0 Å². The molecule has 72 valence electrons. The maximum atomic E-state index is 10.9. The first-order valence-electron chi connectivity index (χ1n) is 3.71. The normalized spacial score (nSPS) is 11.6. The van der Waals surface area contributed by atoms with Crippen molar-refractivity contribution in [2.75, 3.05) is 0 Å². The summed E-state index contributed by atoms with van der Waals surface area (Å²) in [4.78, 5) is -0.0156. The average Bonchev–Trinajstić information content (AvgIpc) is 2.01. The third-order valence-corrected chi connectivity index (χ3v) is 3.13. The minimum atomic E-state index is -4.08. The Hall–Kier alpha value is -0.390. The SMILES string of the molecule is CCc1cc(Br)ccc1S(=O)(=O)O. The molecule has 0 spiro atoms. The monoisotopic (exact) mass is 264 g/mol. The van der Waals surface area contributed by atoms with Gasteiger partial charge in [0.2, 0.25) is 0 Å². The van der Waals surface area contributed by atoms with E-state index in [-0.39, 0.29) is 4.90 Å². The van der Waals surface area contributed by atoms with Gasteiger partial charge in [-0.15, -0.1) is 0 Å². The molecule has 0 amide bonds. The van der Waals surface area contributed by atoms with Crippen LogP contribution in [0.5, 0.6) is 0 Å². The molecule has 0 aromatic heterocycles. The molecule has 0 bridgehead atoms. The van der Waals surface area contributed by atoms with Gasteiger partial charge in [-0.1, -0.05) is 22.9 Å². The van der Waals surface area contributed by atoms with E-state index in [9.17, 15) is 8.42 Å². The van der Waals surface area contributed by atoms with Gasteiger partial charge in [0.1, 0.15) is 0 Å². The Morgan fingerprint density at radius 3 is 2.54 bits per heavy atom. The van der Waals surface area contributed by atoms with Crippen LogP contribution in [0.4, 0.5) is 0 Å². The first kappa shape index (κ1) is 10.7. The fourth-order valence-electron chi connectivity index (χ4n) is 1.08. The van der Waals surface area contributed by atoms with Crippen LogP contribution in [-0.2, 0) is 16.5 Å². The molecule has 0 atom stereocenters. The van der Waals surface area contributed by atoms with E-state index in [4.69, 9.17) is 4.55 Å². The second-order valence-corrected chi connectivity index (χ2v) is 4.89. The molecule has 5 heteroatoms. The molecule has 1 N–H and O–H groups in total. The lowest BCUT2D eigenvalue weighted by atomic mass is 10.2. The minimum Gasteiger partial charge on any atom is -0.282 e. The van der Waals surface area contributed by atoms with Crippen molar-refractivity contribution in [1.29, 1.82) is 0 Å². The van der Waals surface area contributed by atoms with Gasteiger partial charge in [-0.05, 0) is 30.2 Å². The van der Waals surface area contributed by atoms with Crippen LogP contribution in [0.25, 0.3) is 0 Å². The average molecular weight is 265 g/mol. The lowest BCUT2D eigenvalue weighted by Gasteiger charge is -2.04. The van der Waals surface area contributed by atoms with Crippen molar-refractivity contribution >= 4 is 26.0 Å². The summed E-state index contributed by atoms with van der Waals surface area (Å²) in [6.45, 7) is 1.83. The number of halogens is 1. The Balaban J connectivity index is 3.39. The predicted octanol–water partition coefficient (Wildman–Crippen LogP) is 2.26. The molecule has 3 nitrogen and oxygen atoms in total. The summed E-state index contributed by atoms with van der Waals surface area (Å²) in [6, 6.07) is 4.66. The molecule has 1 aromatic rings. The molecule has 0 saturated carbocycles. The Bertz CT molecular complexity index is 411. The van der Waals surface area contributed by atoms with Gasteiger partial charge in [0.25, 0.3) is 10.1 Å². The summed E-state index contributed by atoms with van der Waals surface area (Å²) in [5.74, 6) is 0. The third-order valence-electron chi connectivity index (χ3n) is 1.68. The van der Waals surface area contributed by atoms with Gasteiger partial charge >= 0.3 is 0 Å². The van der Waals surface area contributed by atoms with Crippen molar-refractivity contribution in [3.63, 3.8) is 0 Å². The standard InChI is InChI=1S/C8H9BrO3S/c1-2-6-5-7(9)3-4-8(6)13(10,11)12/h3-5H,2H2,1H3,(H,10,11,12). The van der Waals surface area contributed by atoms with Crippen molar-refractivity contribution in [2.45, 2.75) is 18.2 Å². The highest BCUT2D eigenvalue weighted by atomic mass is 79.9. The molecule has 0 saturated heterocycles. The highest BCUT2D eigenvalue weighted by Gasteiger charge is 2.13. The second kappa shape index (κ2) is 3.77. The lowest BCUT2D eigenvalue weighted by Crippen LogP contribution is -2.02.